The van der Waals surface area contributed by atoms with Gasteiger partial charge in [-0.05, 0) is 6.07 Å². The predicted octanol–water partition coefficient (Wildman–Crippen LogP) is 3.20. The van der Waals surface area contributed by atoms with Gasteiger partial charge in [0.15, 0.2) is 0 Å². The van der Waals surface area contributed by atoms with E-state index in [1.165, 1.54) is 6.20 Å². The summed E-state index contributed by atoms with van der Waals surface area (Å²) < 4.78 is 24.8. The van der Waals surface area contributed by atoms with E-state index in [9.17, 15) is 9.50 Å². The monoisotopic (exact) mass is 656 g/mol. The van der Waals surface area contributed by atoms with Crippen LogP contribution in [0.2, 0.25) is 0 Å². The Hall–Kier alpha value is -3.28. The van der Waals surface area contributed by atoms with Crippen molar-refractivity contribution in [3.63, 3.8) is 0 Å². The van der Waals surface area contributed by atoms with Crippen LogP contribution in [0.3, 0.4) is 0 Å². The number of nitrogens with zero attached hydrogens (tertiary/aromatic N) is 3. The van der Waals surface area contributed by atoms with Gasteiger partial charge >= 0.3 is 224 Å². The number of halogens is 2. The first-order valence-corrected chi connectivity index (χ1v) is 15.3. The fraction of sp³-hybridized carbons (Fsp3) is 0.290. The Morgan fingerprint density at radius 2 is 1.73 bits per heavy atom. The normalized spacial score (nSPS) is 16.1. The van der Waals surface area contributed by atoms with Gasteiger partial charge < -0.3 is 5.11 Å². The van der Waals surface area contributed by atoms with Crippen LogP contribution in [0, 0.1) is 0 Å². The average Bonchev–Trinajstić information content (AvgIpc) is 2.96. The molecule has 0 aromatic heterocycles. The molecule has 9 heteroatoms. The molecule has 0 aliphatic carbocycles. The summed E-state index contributed by atoms with van der Waals surface area (Å²) in [5, 5.41) is 13.3. The number of amidine groups is 1. The Labute approximate surface area is 246 Å². The van der Waals surface area contributed by atoms with Gasteiger partial charge in [-0.1, -0.05) is 6.07 Å². The molecule has 4 rings (SSSR count). The quantitative estimate of drug-likeness (QED) is 0.135. The maximum absolute atomic E-state index is 14.6. The molecule has 40 heavy (non-hydrogen) atoms. The topological polar surface area (TPSA) is 95.5 Å². The third kappa shape index (κ3) is 8.36. The molecule has 7 nitrogen and oxygen atoms in total. The van der Waals surface area contributed by atoms with E-state index in [4.69, 9.17) is 10.5 Å². The van der Waals surface area contributed by atoms with E-state index in [0.717, 1.165) is 33.6 Å². The van der Waals surface area contributed by atoms with Crippen molar-refractivity contribution in [1.82, 2.24) is 4.90 Å². The van der Waals surface area contributed by atoms with Crippen LogP contribution >= 0.6 is 0 Å². The van der Waals surface area contributed by atoms with Crippen molar-refractivity contribution >= 4 is 21.4 Å². The first-order valence-electron chi connectivity index (χ1n) is 13.3. The fourth-order valence-corrected chi connectivity index (χ4v) is 5.41. The summed E-state index contributed by atoms with van der Waals surface area (Å²) in [5.74, 6) is 0.215. The number of nitrogens with one attached hydrogen (secondary N) is 1. The van der Waals surface area contributed by atoms with Crippen LogP contribution in [-0.2, 0) is 4.74 Å². The minimum absolute atomic E-state index is 0.243. The zero-order valence-corrected chi connectivity index (χ0v) is 25.2. The number of phenolic OH excluding ortho intramolecular Hbond substituents is 1. The summed E-state index contributed by atoms with van der Waals surface area (Å²) in [6.07, 6.45) is 3.06. The number of phenols is 1. The van der Waals surface area contributed by atoms with Crippen LogP contribution in [0.4, 0.5) is 15.8 Å². The van der Waals surface area contributed by atoms with Crippen LogP contribution < -0.4 is 32.5 Å². The van der Waals surface area contributed by atoms with Gasteiger partial charge in [0.2, 0.25) is 0 Å². The summed E-state index contributed by atoms with van der Waals surface area (Å²) >= 11 is -0.922. The molecule has 1 saturated heterocycles. The Bertz CT molecular complexity index is 1390. The van der Waals surface area contributed by atoms with Crippen LogP contribution in [0.25, 0.3) is 11.1 Å². The first kappa shape index (κ1) is 29.7. The number of hydrogen-bond acceptors (Lipinski definition) is 6. The molecule has 0 amide bonds. The molecule has 0 bridgehead atoms. The SMILES string of the molecule is CC(C)c1cc(Nc2cccc(-c3cccc(O)c3)c2)ccc1C=N[I-]C(N)=N/C=C(/F)C(C)N1CCOCC1. The van der Waals surface area contributed by atoms with Crippen molar-refractivity contribution in [3.05, 3.63) is 89.9 Å². The summed E-state index contributed by atoms with van der Waals surface area (Å²) in [6.45, 7) is 8.76. The van der Waals surface area contributed by atoms with Gasteiger partial charge in [-0.15, -0.1) is 0 Å². The van der Waals surface area contributed by atoms with E-state index in [1.54, 1.807) is 12.1 Å². The van der Waals surface area contributed by atoms with Crippen LogP contribution in [-0.4, -0.2) is 52.4 Å². The molecule has 212 valence electrons. The third-order valence-corrected chi connectivity index (χ3v) is 8.00. The van der Waals surface area contributed by atoms with Crippen LogP contribution in [0.5, 0.6) is 5.75 Å². The van der Waals surface area contributed by atoms with E-state index in [1.807, 2.05) is 60.5 Å². The molecule has 3 aromatic carbocycles. The van der Waals surface area contributed by atoms with Gasteiger partial charge in [0.05, 0.1) is 0 Å². The van der Waals surface area contributed by atoms with Crippen molar-refractivity contribution in [3.8, 4) is 16.9 Å². The Balaban J connectivity index is 1.41. The predicted molar refractivity (Wildman–Crippen MR) is 158 cm³/mol. The van der Waals surface area contributed by atoms with Gasteiger partial charge in [0.1, 0.15) is 5.75 Å². The molecule has 0 saturated carbocycles. The summed E-state index contributed by atoms with van der Waals surface area (Å²) in [5.41, 5.74) is 12.1. The first-order chi connectivity index (χ1) is 19.3. The van der Waals surface area contributed by atoms with Gasteiger partial charge in [-0.3, -0.25) is 0 Å². The number of rotatable bonds is 10. The Morgan fingerprint density at radius 1 is 1.02 bits per heavy atom. The van der Waals surface area contributed by atoms with Crippen LogP contribution in [0.1, 0.15) is 37.8 Å². The molecule has 1 aliphatic heterocycles. The van der Waals surface area contributed by atoms with E-state index in [2.05, 4.69) is 39.5 Å². The zero-order valence-electron chi connectivity index (χ0n) is 23.0. The van der Waals surface area contributed by atoms with Crippen molar-refractivity contribution in [2.75, 3.05) is 31.6 Å². The number of aliphatic imine (C=N–C) groups is 1. The molecular formula is C31H36FIN5O2-. The van der Waals surface area contributed by atoms with E-state index in [-0.39, 0.29) is 23.5 Å². The zero-order chi connectivity index (χ0) is 28.5. The number of benzene rings is 3. The molecule has 1 fully saturated rings. The summed E-state index contributed by atoms with van der Waals surface area (Å²) in [6, 6.07) is 21.2. The second-order valence-electron chi connectivity index (χ2n) is 9.86. The number of nitrogens with two attached hydrogens (primary N) is 1. The van der Waals surface area contributed by atoms with Gasteiger partial charge in [0.25, 0.3) is 0 Å². The fourth-order valence-electron chi connectivity index (χ4n) is 4.42. The average molecular weight is 657 g/mol. The Morgan fingerprint density at radius 3 is 2.45 bits per heavy atom. The van der Waals surface area contributed by atoms with Crippen LogP contribution in [0.15, 0.2) is 87.0 Å². The number of anilines is 2. The van der Waals surface area contributed by atoms with Crippen molar-refractivity contribution < 1.29 is 35.7 Å². The standard InChI is InChI=1S/C31H36FIN5O2/c1-21(2)29-18-27(37-26-8-4-6-23(16-26)24-7-5-9-28(39)17-24)11-10-25(29)19-36-33-31(34)35-20-30(32)22(3)38-12-14-40-15-13-38/h4-11,16-22,37,39H,12-15H2,1-3H3,(H2,34,35)/q-1/b30-20+,36-19?. The van der Waals surface area contributed by atoms with E-state index >= 15 is 0 Å². The summed E-state index contributed by atoms with van der Waals surface area (Å²) in [7, 11) is 0. The van der Waals surface area contributed by atoms with Gasteiger partial charge in [0, 0.05) is 0 Å². The molecule has 1 heterocycles. The molecule has 0 spiro atoms. The molecule has 1 atom stereocenters. The second-order valence-corrected chi connectivity index (χ2v) is 12.0. The van der Waals surface area contributed by atoms with Crippen molar-refractivity contribution in [2.45, 2.75) is 32.7 Å². The minimum atomic E-state index is -0.922. The van der Waals surface area contributed by atoms with Crippen molar-refractivity contribution in [1.29, 1.82) is 0 Å². The second kappa shape index (κ2) is 14.4. The van der Waals surface area contributed by atoms with E-state index in [0.29, 0.717) is 30.1 Å². The number of hydrogen-bond donors (Lipinski definition) is 3. The Kier molecular flexibility index (Phi) is 10.7. The molecule has 0 radical (unpaired) electrons. The van der Waals surface area contributed by atoms with Gasteiger partial charge in [-0.25, -0.2) is 0 Å². The van der Waals surface area contributed by atoms with Crippen molar-refractivity contribution in [2.24, 2.45) is 13.9 Å². The van der Waals surface area contributed by atoms with Gasteiger partial charge in [-0.2, -0.15) is 0 Å². The third-order valence-electron chi connectivity index (χ3n) is 6.67. The number of aromatic hydroxyl groups is 1. The number of morpholine rings is 1. The molecule has 3 aromatic rings. The molecular weight excluding hydrogens is 620 g/mol. The number of ether oxygens (including phenoxy) is 1. The molecule has 1 unspecified atom stereocenters. The molecule has 1 aliphatic rings. The molecule has 4 N–H and O–H groups in total. The maximum atomic E-state index is 14.6. The summed E-state index contributed by atoms with van der Waals surface area (Å²) in [4.78, 5) is 6.17. The van der Waals surface area contributed by atoms with E-state index < -0.39 is 21.5 Å².